The molecule has 2 aliphatic carbocycles. The molecule has 1 N–H and O–H groups in total. The highest BCUT2D eigenvalue weighted by Gasteiger charge is 2.59. The fourth-order valence-corrected chi connectivity index (χ4v) is 4.30. The summed E-state index contributed by atoms with van der Waals surface area (Å²) in [7, 11) is 1.58. The molecule has 6 nitrogen and oxygen atoms in total. The van der Waals surface area contributed by atoms with Crippen LogP contribution in [-0.2, 0) is 20.9 Å². The summed E-state index contributed by atoms with van der Waals surface area (Å²) in [5.41, 5.74) is 0.894. The van der Waals surface area contributed by atoms with Gasteiger partial charge in [-0.1, -0.05) is 24.3 Å². The summed E-state index contributed by atoms with van der Waals surface area (Å²) >= 11 is 0. The lowest BCUT2D eigenvalue weighted by Crippen LogP contribution is -2.41. The van der Waals surface area contributed by atoms with E-state index >= 15 is 0 Å². The first-order chi connectivity index (χ1) is 12.1. The molecule has 1 saturated heterocycles. The maximum absolute atomic E-state index is 12.6. The summed E-state index contributed by atoms with van der Waals surface area (Å²) < 4.78 is 5.15. The van der Waals surface area contributed by atoms with Crippen molar-refractivity contribution in [1.82, 2.24) is 10.2 Å². The van der Waals surface area contributed by atoms with Crippen LogP contribution in [0.1, 0.15) is 12.0 Å². The number of rotatable bonds is 5. The Morgan fingerprint density at radius 2 is 1.88 bits per heavy atom. The molecule has 1 heterocycles. The Morgan fingerprint density at radius 1 is 1.20 bits per heavy atom. The Balaban J connectivity index is 1.37. The molecule has 4 rings (SSSR count). The third kappa shape index (κ3) is 2.62. The zero-order valence-electron chi connectivity index (χ0n) is 14.0. The zero-order chi connectivity index (χ0) is 17.6. The molecule has 4 atom stereocenters. The summed E-state index contributed by atoms with van der Waals surface area (Å²) in [6, 6.07) is 7.38. The van der Waals surface area contributed by atoms with Crippen LogP contribution in [0, 0.1) is 23.7 Å². The highest BCUT2D eigenvalue weighted by molar-refractivity contribution is 6.08. The van der Waals surface area contributed by atoms with Crippen molar-refractivity contribution < 1.29 is 19.1 Å². The van der Waals surface area contributed by atoms with E-state index in [-0.39, 0.29) is 47.9 Å². The molecule has 1 aromatic carbocycles. The van der Waals surface area contributed by atoms with E-state index in [1.165, 1.54) is 0 Å². The van der Waals surface area contributed by atoms with Crippen LogP contribution >= 0.6 is 0 Å². The molecule has 0 radical (unpaired) electrons. The third-order valence-electron chi connectivity index (χ3n) is 5.49. The number of benzene rings is 1. The smallest absolute Gasteiger partial charge is 0.240 e. The Bertz CT molecular complexity index is 742. The minimum absolute atomic E-state index is 0.163. The number of nitrogens with one attached hydrogen (secondary N) is 1. The molecule has 2 bridgehead atoms. The van der Waals surface area contributed by atoms with Crippen LogP contribution in [-0.4, -0.2) is 36.3 Å². The largest absolute Gasteiger partial charge is 0.497 e. The van der Waals surface area contributed by atoms with Gasteiger partial charge in [0.25, 0.3) is 0 Å². The minimum Gasteiger partial charge on any atom is -0.497 e. The number of likely N-dealkylation sites (tertiary alicyclic amines) is 1. The van der Waals surface area contributed by atoms with Crippen LogP contribution in [0.25, 0.3) is 0 Å². The lowest BCUT2D eigenvalue weighted by atomic mass is 9.85. The van der Waals surface area contributed by atoms with Crippen molar-refractivity contribution in [1.29, 1.82) is 0 Å². The van der Waals surface area contributed by atoms with Crippen LogP contribution in [0.15, 0.2) is 36.4 Å². The number of allylic oxidation sites excluding steroid dienone is 2. The van der Waals surface area contributed by atoms with Gasteiger partial charge in [-0.15, -0.1) is 0 Å². The topological polar surface area (TPSA) is 75.7 Å². The van der Waals surface area contributed by atoms with Crippen molar-refractivity contribution >= 4 is 17.7 Å². The number of nitrogens with zero attached hydrogens (tertiary/aromatic N) is 1. The molecule has 130 valence electrons. The Kier molecular flexibility index (Phi) is 3.82. The number of carbonyl (C=O) groups is 3. The normalized spacial score (nSPS) is 29.2. The molecule has 0 unspecified atom stereocenters. The molecule has 25 heavy (non-hydrogen) atoms. The summed E-state index contributed by atoms with van der Waals surface area (Å²) in [5, 5.41) is 2.77. The number of fused-ring (bicyclic) bond motifs is 5. The zero-order valence-corrected chi connectivity index (χ0v) is 14.0. The van der Waals surface area contributed by atoms with E-state index in [0.717, 1.165) is 16.9 Å². The van der Waals surface area contributed by atoms with E-state index in [0.29, 0.717) is 12.3 Å². The molecule has 1 saturated carbocycles. The van der Waals surface area contributed by atoms with Gasteiger partial charge in [0.15, 0.2) is 0 Å². The average molecular weight is 340 g/mol. The Labute approximate surface area is 145 Å². The van der Waals surface area contributed by atoms with E-state index in [2.05, 4.69) is 5.32 Å². The predicted octanol–water partition coefficient (Wildman–Crippen LogP) is 1.12. The number of hydrogen-bond acceptors (Lipinski definition) is 4. The molecule has 6 heteroatoms. The predicted molar refractivity (Wildman–Crippen MR) is 89.3 cm³/mol. The first kappa shape index (κ1) is 15.9. The van der Waals surface area contributed by atoms with Gasteiger partial charge in [0.2, 0.25) is 17.7 Å². The monoisotopic (exact) mass is 340 g/mol. The van der Waals surface area contributed by atoms with Crippen LogP contribution in [0.5, 0.6) is 5.75 Å². The summed E-state index contributed by atoms with van der Waals surface area (Å²) in [6.07, 6.45) is 4.98. The molecule has 0 aromatic heterocycles. The van der Waals surface area contributed by atoms with Crippen LogP contribution < -0.4 is 10.1 Å². The maximum Gasteiger partial charge on any atom is 0.240 e. The second kappa shape index (κ2) is 6.02. The maximum atomic E-state index is 12.6. The van der Waals surface area contributed by atoms with Gasteiger partial charge in [-0.25, -0.2) is 0 Å². The van der Waals surface area contributed by atoms with Gasteiger partial charge in [0.05, 0.1) is 18.9 Å². The number of hydrogen-bond donors (Lipinski definition) is 1. The highest BCUT2D eigenvalue weighted by Crippen LogP contribution is 2.52. The summed E-state index contributed by atoms with van der Waals surface area (Å²) in [4.78, 5) is 38.5. The molecule has 3 amide bonds. The van der Waals surface area contributed by atoms with Crippen molar-refractivity contribution in [3.63, 3.8) is 0 Å². The third-order valence-corrected chi connectivity index (χ3v) is 5.49. The van der Waals surface area contributed by atoms with Gasteiger partial charge in [0, 0.05) is 6.54 Å². The SMILES string of the molecule is COc1cccc(CNC(=O)CN2C(=O)[C@@H]3[C@H](C2=O)[C@H]2C=C[C@H]3C2)c1. The first-order valence-electron chi connectivity index (χ1n) is 8.51. The lowest BCUT2D eigenvalue weighted by Gasteiger charge is -2.16. The van der Waals surface area contributed by atoms with Crippen LogP contribution in [0.3, 0.4) is 0 Å². The molecular formula is C19H20N2O4. The van der Waals surface area contributed by atoms with Crippen LogP contribution in [0.2, 0.25) is 0 Å². The fraction of sp³-hybridized carbons (Fsp3) is 0.421. The molecule has 3 aliphatic rings. The molecule has 1 aromatic rings. The van der Waals surface area contributed by atoms with E-state index in [9.17, 15) is 14.4 Å². The van der Waals surface area contributed by atoms with Crippen LogP contribution in [0.4, 0.5) is 0 Å². The first-order valence-corrected chi connectivity index (χ1v) is 8.51. The van der Waals surface area contributed by atoms with E-state index in [1.54, 1.807) is 7.11 Å². The van der Waals surface area contributed by atoms with Gasteiger partial charge in [-0.3, -0.25) is 19.3 Å². The average Bonchev–Trinajstić information content (AvgIpc) is 3.30. The fourth-order valence-electron chi connectivity index (χ4n) is 4.30. The molecule has 1 aliphatic heterocycles. The van der Waals surface area contributed by atoms with Gasteiger partial charge in [-0.05, 0) is 36.0 Å². The number of amides is 3. The highest BCUT2D eigenvalue weighted by atomic mass is 16.5. The minimum atomic E-state index is -0.329. The summed E-state index contributed by atoms with van der Waals surface area (Å²) in [5.74, 6) is -0.182. The van der Waals surface area contributed by atoms with E-state index in [1.807, 2.05) is 36.4 Å². The number of methoxy groups -OCH3 is 1. The number of ether oxygens (including phenoxy) is 1. The van der Waals surface area contributed by atoms with Crippen molar-refractivity contribution in [3.8, 4) is 5.75 Å². The lowest BCUT2D eigenvalue weighted by molar-refractivity contribution is -0.144. The molecule has 0 spiro atoms. The molecular weight excluding hydrogens is 320 g/mol. The van der Waals surface area contributed by atoms with Gasteiger partial charge >= 0.3 is 0 Å². The van der Waals surface area contributed by atoms with Gasteiger partial charge < -0.3 is 10.1 Å². The standard InChI is InChI=1S/C19H20N2O4/c1-25-14-4-2-3-11(7-14)9-20-15(22)10-21-18(23)16-12-5-6-13(8-12)17(16)19(21)24/h2-7,12-13,16-17H,8-10H2,1H3,(H,20,22)/t12-,13-,16-,17+/m0/s1. The van der Waals surface area contributed by atoms with Crippen molar-refractivity contribution in [3.05, 3.63) is 42.0 Å². The van der Waals surface area contributed by atoms with Gasteiger partial charge in [-0.2, -0.15) is 0 Å². The van der Waals surface area contributed by atoms with Crippen molar-refractivity contribution in [2.45, 2.75) is 13.0 Å². The summed E-state index contributed by atoms with van der Waals surface area (Å²) in [6.45, 7) is 0.125. The molecule has 2 fully saturated rings. The quantitative estimate of drug-likeness (QED) is 0.644. The Hall–Kier alpha value is -2.63. The second-order valence-corrected chi connectivity index (χ2v) is 6.89. The number of imide groups is 1. The van der Waals surface area contributed by atoms with Crippen molar-refractivity contribution in [2.75, 3.05) is 13.7 Å². The van der Waals surface area contributed by atoms with E-state index < -0.39 is 0 Å². The second-order valence-electron chi connectivity index (χ2n) is 6.89. The van der Waals surface area contributed by atoms with Gasteiger partial charge in [0.1, 0.15) is 12.3 Å². The van der Waals surface area contributed by atoms with E-state index in [4.69, 9.17) is 4.74 Å². The number of carbonyl (C=O) groups excluding carboxylic acids is 3. The van der Waals surface area contributed by atoms with Crippen molar-refractivity contribution in [2.24, 2.45) is 23.7 Å². The Morgan fingerprint density at radius 3 is 2.52 bits per heavy atom.